The SMILES string of the molecule is CC(C)N(C(=O)c1c(/C=N/S(=O)C(C)(C)C)cccc1P(c1ccccc1)c1ccccc1)C(C)C. The van der Waals surface area contributed by atoms with Crippen molar-refractivity contribution in [1.29, 1.82) is 0 Å². The zero-order valence-electron chi connectivity index (χ0n) is 22.3. The van der Waals surface area contributed by atoms with Crippen molar-refractivity contribution in [2.24, 2.45) is 4.40 Å². The van der Waals surface area contributed by atoms with Gasteiger partial charge in [-0.3, -0.25) is 4.79 Å². The van der Waals surface area contributed by atoms with Crippen LogP contribution in [0.2, 0.25) is 0 Å². The Balaban J connectivity index is 2.31. The van der Waals surface area contributed by atoms with Crippen LogP contribution in [-0.2, 0) is 11.0 Å². The van der Waals surface area contributed by atoms with Crippen LogP contribution in [0.25, 0.3) is 0 Å². The number of hydrogen-bond donors (Lipinski definition) is 0. The number of nitrogens with zero attached hydrogens (tertiary/aromatic N) is 2. The number of amides is 1. The molecule has 190 valence electrons. The molecule has 36 heavy (non-hydrogen) atoms. The fourth-order valence-corrected chi connectivity index (χ4v) is 7.13. The van der Waals surface area contributed by atoms with Gasteiger partial charge >= 0.3 is 0 Å². The fourth-order valence-electron chi connectivity index (χ4n) is 4.12. The average Bonchev–Trinajstić information content (AvgIpc) is 2.83. The molecule has 4 nitrogen and oxygen atoms in total. The molecule has 1 amide bonds. The minimum Gasteiger partial charge on any atom is -0.334 e. The van der Waals surface area contributed by atoms with Crippen LogP contribution in [0, 0.1) is 0 Å². The van der Waals surface area contributed by atoms with Crippen molar-refractivity contribution in [2.75, 3.05) is 0 Å². The summed E-state index contributed by atoms with van der Waals surface area (Å²) in [6, 6.07) is 26.7. The Hall–Kier alpha value is -2.62. The lowest BCUT2D eigenvalue weighted by molar-refractivity contribution is 0.0645. The monoisotopic (exact) mass is 520 g/mol. The molecule has 6 heteroatoms. The molecule has 0 aliphatic carbocycles. The van der Waals surface area contributed by atoms with Gasteiger partial charge in [0.25, 0.3) is 5.91 Å². The van der Waals surface area contributed by atoms with Crippen molar-refractivity contribution < 1.29 is 9.00 Å². The molecular formula is C30H37N2O2PS. The zero-order valence-corrected chi connectivity index (χ0v) is 24.0. The Labute approximate surface area is 220 Å². The average molecular weight is 521 g/mol. The van der Waals surface area contributed by atoms with Gasteiger partial charge in [0.15, 0.2) is 0 Å². The molecule has 3 rings (SSSR count). The van der Waals surface area contributed by atoms with Gasteiger partial charge in [0.05, 0.1) is 10.3 Å². The molecule has 1 atom stereocenters. The number of carbonyl (C=O) groups excluding carboxylic acids is 1. The van der Waals surface area contributed by atoms with Crippen LogP contribution >= 0.6 is 7.92 Å². The van der Waals surface area contributed by atoms with Crippen molar-refractivity contribution >= 4 is 46.9 Å². The van der Waals surface area contributed by atoms with Gasteiger partial charge in [0.2, 0.25) is 0 Å². The standard InChI is InChI=1S/C30H37N2O2PS/c1-22(2)32(23(3)4)29(33)28-24(21-31-36(34)30(5,6)7)15-14-20-27(28)35(25-16-10-8-11-17-25)26-18-12-9-13-19-26/h8-23H,1-7H3/b31-21+. The van der Waals surface area contributed by atoms with Crippen LogP contribution in [-0.4, -0.2) is 38.1 Å². The predicted octanol–water partition coefficient (Wildman–Crippen LogP) is 5.58. The second-order valence-corrected chi connectivity index (χ2v) is 14.4. The first kappa shape index (κ1) is 28.0. The summed E-state index contributed by atoms with van der Waals surface area (Å²) < 4.78 is 16.7. The highest BCUT2D eigenvalue weighted by atomic mass is 32.2. The van der Waals surface area contributed by atoms with E-state index in [0.717, 1.165) is 5.30 Å². The van der Waals surface area contributed by atoms with Crippen molar-refractivity contribution in [2.45, 2.75) is 65.3 Å². The summed E-state index contributed by atoms with van der Waals surface area (Å²) in [6.07, 6.45) is 1.63. The molecule has 0 spiro atoms. The maximum atomic E-state index is 14.3. The lowest BCUT2D eigenvalue weighted by Crippen LogP contribution is -2.44. The van der Waals surface area contributed by atoms with Gasteiger partial charge in [-0.05, 0) is 72.3 Å². The van der Waals surface area contributed by atoms with Crippen LogP contribution in [0.3, 0.4) is 0 Å². The van der Waals surface area contributed by atoms with Crippen LogP contribution in [0.15, 0.2) is 83.3 Å². The summed E-state index contributed by atoms with van der Waals surface area (Å²) in [6.45, 7) is 13.9. The molecular weight excluding hydrogens is 483 g/mol. The largest absolute Gasteiger partial charge is 0.334 e. The molecule has 1 unspecified atom stereocenters. The summed E-state index contributed by atoms with van der Waals surface area (Å²) in [7, 11) is -2.44. The van der Waals surface area contributed by atoms with Crippen LogP contribution in [0.5, 0.6) is 0 Å². The third kappa shape index (κ3) is 6.57. The number of benzene rings is 3. The Morgan fingerprint density at radius 2 is 1.33 bits per heavy atom. The highest BCUT2D eigenvalue weighted by molar-refractivity contribution is 7.85. The predicted molar refractivity (Wildman–Crippen MR) is 157 cm³/mol. The maximum absolute atomic E-state index is 14.3. The van der Waals surface area contributed by atoms with Crippen molar-refractivity contribution in [3.05, 3.63) is 90.0 Å². The summed E-state index contributed by atoms with van der Waals surface area (Å²) in [5.41, 5.74) is 1.33. The van der Waals surface area contributed by atoms with Gasteiger partial charge in [0, 0.05) is 23.9 Å². The maximum Gasteiger partial charge on any atom is 0.255 e. The molecule has 0 N–H and O–H groups in total. The van der Waals surface area contributed by atoms with Crippen LogP contribution in [0.1, 0.15) is 64.4 Å². The zero-order chi connectivity index (χ0) is 26.5. The van der Waals surface area contributed by atoms with Gasteiger partial charge in [-0.15, -0.1) is 0 Å². The number of hydrogen-bond acceptors (Lipinski definition) is 2. The third-order valence-corrected chi connectivity index (χ3v) is 9.54. The molecule has 0 aliphatic heterocycles. The fraction of sp³-hybridized carbons (Fsp3) is 0.333. The van der Waals surface area contributed by atoms with Crippen molar-refractivity contribution in [3.8, 4) is 0 Å². The summed E-state index contributed by atoms with van der Waals surface area (Å²) >= 11 is 0. The van der Waals surface area contributed by atoms with Gasteiger partial charge in [-0.2, -0.15) is 4.40 Å². The molecule has 0 bridgehead atoms. The van der Waals surface area contributed by atoms with E-state index in [4.69, 9.17) is 0 Å². The Bertz CT molecular complexity index is 1170. The molecule has 0 aromatic heterocycles. The van der Waals surface area contributed by atoms with E-state index in [-0.39, 0.29) is 18.0 Å². The highest BCUT2D eigenvalue weighted by Gasteiger charge is 2.30. The van der Waals surface area contributed by atoms with E-state index < -0.39 is 23.7 Å². The van der Waals surface area contributed by atoms with E-state index in [1.165, 1.54) is 10.6 Å². The van der Waals surface area contributed by atoms with Gasteiger partial charge in [-0.25, -0.2) is 4.21 Å². The normalized spacial score (nSPS) is 13.1. The second kappa shape index (κ2) is 12.1. The summed E-state index contributed by atoms with van der Waals surface area (Å²) in [5, 5.41) is 3.31. The van der Waals surface area contributed by atoms with E-state index in [1.807, 2.05) is 102 Å². The van der Waals surface area contributed by atoms with E-state index in [0.29, 0.717) is 11.1 Å². The smallest absolute Gasteiger partial charge is 0.255 e. The Morgan fingerprint density at radius 3 is 1.78 bits per heavy atom. The quantitative estimate of drug-likeness (QED) is 0.287. The molecule has 3 aromatic rings. The van der Waals surface area contributed by atoms with Gasteiger partial charge in [0.1, 0.15) is 11.0 Å². The molecule has 0 fully saturated rings. The highest BCUT2D eigenvalue weighted by Crippen LogP contribution is 2.35. The lowest BCUT2D eigenvalue weighted by Gasteiger charge is -2.33. The van der Waals surface area contributed by atoms with Gasteiger partial charge < -0.3 is 4.90 Å². The molecule has 0 radical (unpaired) electrons. The summed E-state index contributed by atoms with van der Waals surface area (Å²) in [5.74, 6) is -0.0297. The van der Waals surface area contributed by atoms with E-state index in [1.54, 1.807) is 6.21 Å². The van der Waals surface area contributed by atoms with Crippen molar-refractivity contribution in [3.63, 3.8) is 0 Å². The minimum absolute atomic E-state index is 0.0266. The molecule has 0 saturated heterocycles. The first-order chi connectivity index (χ1) is 17.0. The van der Waals surface area contributed by atoms with E-state index in [9.17, 15) is 9.00 Å². The topological polar surface area (TPSA) is 49.7 Å². The van der Waals surface area contributed by atoms with E-state index >= 15 is 0 Å². The summed E-state index contributed by atoms with van der Waals surface area (Å²) in [4.78, 5) is 16.2. The van der Waals surface area contributed by atoms with Crippen LogP contribution < -0.4 is 15.9 Å². The second-order valence-electron chi connectivity index (χ2n) is 10.2. The Kier molecular flexibility index (Phi) is 9.38. The van der Waals surface area contributed by atoms with Gasteiger partial charge in [-0.1, -0.05) is 78.9 Å². The molecule has 0 saturated carbocycles. The minimum atomic E-state index is -1.43. The molecule has 3 aromatic carbocycles. The first-order valence-electron chi connectivity index (χ1n) is 12.3. The van der Waals surface area contributed by atoms with E-state index in [2.05, 4.69) is 34.7 Å². The number of rotatable bonds is 8. The van der Waals surface area contributed by atoms with Crippen LogP contribution in [0.4, 0.5) is 0 Å². The van der Waals surface area contributed by atoms with Crippen molar-refractivity contribution in [1.82, 2.24) is 4.90 Å². The molecule has 0 aliphatic rings. The lowest BCUT2D eigenvalue weighted by atomic mass is 10.0. The Morgan fingerprint density at radius 1 is 0.833 bits per heavy atom. The third-order valence-electron chi connectivity index (χ3n) is 5.72. The number of carbonyl (C=O) groups is 1. The first-order valence-corrected chi connectivity index (χ1v) is 14.8. The molecule has 0 heterocycles.